The molecule has 2 unspecified atom stereocenters. The molecule has 2 aromatic carbocycles. The van der Waals surface area contributed by atoms with Crippen LogP contribution in [-0.4, -0.2) is 79.9 Å². The van der Waals surface area contributed by atoms with Gasteiger partial charge < -0.3 is 20.1 Å². The molecule has 12 heteroatoms. The van der Waals surface area contributed by atoms with Crippen molar-refractivity contribution in [1.82, 2.24) is 29.5 Å². The predicted molar refractivity (Wildman–Crippen MR) is 171 cm³/mol. The molecule has 4 heterocycles. The van der Waals surface area contributed by atoms with Crippen LogP contribution < -0.4 is 10.5 Å². The Kier molecular flexibility index (Phi) is 8.71. The molecule has 0 aliphatic carbocycles. The predicted octanol–water partition coefficient (Wildman–Crippen LogP) is 5.12. The summed E-state index contributed by atoms with van der Waals surface area (Å²) < 4.78 is 28.7. The van der Waals surface area contributed by atoms with Gasteiger partial charge in [-0.3, -0.25) is 9.69 Å². The van der Waals surface area contributed by atoms with E-state index in [1.54, 1.807) is 39.9 Å². The fourth-order valence-electron chi connectivity index (χ4n) is 6.43. The minimum Gasteiger partial charge on any atom is -0.457 e. The normalized spacial score (nSPS) is 18.5. The third-order valence-corrected chi connectivity index (χ3v) is 8.87. The van der Waals surface area contributed by atoms with Gasteiger partial charge in [0.25, 0.3) is 5.91 Å². The van der Waals surface area contributed by atoms with Crippen molar-refractivity contribution in [3.63, 3.8) is 0 Å². The van der Waals surface area contributed by atoms with E-state index in [0.29, 0.717) is 54.4 Å². The number of para-hydroxylation sites is 1. The second-order valence-corrected chi connectivity index (χ2v) is 12.2. The maximum atomic E-state index is 15.7. The zero-order valence-electron chi connectivity index (χ0n) is 26.2. The number of anilines is 1. The van der Waals surface area contributed by atoms with Crippen molar-refractivity contribution in [3.05, 3.63) is 72.3 Å². The molecule has 1 amide bonds. The fourth-order valence-corrected chi connectivity index (χ4v) is 6.43. The van der Waals surface area contributed by atoms with Gasteiger partial charge in [-0.1, -0.05) is 18.2 Å². The number of fused-ring (bicyclic) bond motifs is 1. The number of aromatic nitrogens is 4. The molecule has 2 aliphatic heterocycles. The van der Waals surface area contributed by atoms with Crippen LogP contribution >= 0.6 is 0 Å². The number of nitriles is 1. The number of rotatable bonds is 8. The number of morpholine rings is 1. The molecular formula is C34H37FN8O3. The zero-order valence-corrected chi connectivity index (χ0v) is 26.2. The second-order valence-electron chi connectivity index (χ2n) is 12.2. The summed E-state index contributed by atoms with van der Waals surface area (Å²) in [6, 6.07) is 15.2. The number of hydrogen-bond acceptors (Lipinski definition) is 9. The lowest BCUT2D eigenvalue weighted by molar-refractivity contribution is -0.128. The number of ether oxygens (including phenoxy) is 2. The van der Waals surface area contributed by atoms with Crippen LogP contribution in [0.4, 0.5) is 10.2 Å². The molecule has 0 radical (unpaired) electrons. The van der Waals surface area contributed by atoms with Crippen LogP contribution in [0.25, 0.3) is 22.3 Å². The summed E-state index contributed by atoms with van der Waals surface area (Å²) in [6.07, 6.45) is 4.59. The van der Waals surface area contributed by atoms with Gasteiger partial charge in [-0.25, -0.2) is 19.0 Å². The number of amides is 1. The molecule has 11 nitrogen and oxygen atoms in total. The Balaban J connectivity index is 1.31. The Hall–Kier alpha value is -4.86. The average molecular weight is 625 g/mol. The van der Waals surface area contributed by atoms with E-state index >= 15 is 4.39 Å². The average Bonchev–Trinajstić information content (AvgIpc) is 3.71. The molecule has 6 rings (SSSR count). The highest BCUT2D eigenvalue weighted by atomic mass is 19.1. The van der Waals surface area contributed by atoms with Gasteiger partial charge in [-0.05, 0) is 64.0 Å². The molecule has 0 spiro atoms. The smallest absolute Gasteiger partial charge is 0.264 e. The first kappa shape index (κ1) is 31.1. The molecule has 238 valence electrons. The first-order valence-electron chi connectivity index (χ1n) is 15.5. The Morgan fingerprint density at radius 3 is 2.63 bits per heavy atom. The van der Waals surface area contributed by atoms with Gasteiger partial charge in [0.15, 0.2) is 5.65 Å². The second kappa shape index (κ2) is 12.9. The topological polar surface area (TPSA) is 135 Å². The van der Waals surface area contributed by atoms with Gasteiger partial charge in [0.05, 0.1) is 30.7 Å². The summed E-state index contributed by atoms with van der Waals surface area (Å²) in [5.41, 5.74) is 6.88. The molecule has 2 aromatic heterocycles. The van der Waals surface area contributed by atoms with Gasteiger partial charge in [0, 0.05) is 36.8 Å². The summed E-state index contributed by atoms with van der Waals surface area (Å²) in [5, 5.41) is 15.3. The number of likely N-dealkylation sites (tertiary alicyclic amines) is 1. The highest BCUT2D eigenvalue weighted by molar-refractivity contribution is 5.99. The first-order chi connectivity index (χ1) is 22.2. The molecule has 2 N–H and O–H groups in total. The third kappa shape index (κ3) is 6.03. The number of nitrogen functional groups attached to an aromatic ring is 1. The summed E-state index contributed by atoms with van der Waals surface area (Å²) in [6.45, 7) is 9.15. The van der Waals surface area contributed by atoms with E-state index in [1.807, 2.05) is 39.0 Å². The van der Waals surface area contributed by atoms with E-state index < -0.39 is 11.4 Å². The van der Waals surface area contributed by atoms with Crippen LogP contribution in [-0.2, 0) is 9.53 Å². The number of halogens is 1. The zero-order chi connectivity index (χ0) is 32.4. The van der Waals surface area contributed by atoms with Crippen LogP contribution in [0.3, 0.4) is 0 Å². The summed E-state index contributed by atoms with van der Waals surface area (Å²) in [7, 11) is 0. The lowest BCUT2D eigenvalue weighted by Crippen LogP contribution is -2.49. The summed E-state index contributed by atoms with van der Waals surface area (Å²) in [5.74, 6) is 0.240. The molecule has 2 atom stereocenters. The van der Waals surface area contributed by atoms with E-state index in [-0.39, 0.29) is 34.9 Å². The molecule has 2 fully saturated rings. The van der Waals surface area contributed by atoms with E-state index in [2.05, 4.69) is 20.9 Å². The minimum absolute atomic E-state index is 0.105. The monoisotopic (exact) mass is 624 g/mol. The molecule has 0 saturated carbocycles. The van der Waals surface area contributed by atoms with Gasteiger partial charge in [-0.15, -0.1) is 0 Å². The minimum atomic E-state index is -0.541. The van der Waals surface area contributed by atoms with Gasteiger partial charge in [-0.2, -0.15) is 10.4 Å². The van der Waals surface area contributed by atoms with Gasteiger partial charge in [0.2, 0.25) is 0 Å². The van der Waals surface area contributed by atoms with Crippen molar-refractivity contribution in [3.8, 4) is 28.8 Å². The molecule has 2 saturated heterocycles. The number of nitrogens with two attached hydrogens (primary N) is 1. The number of carbonyl (C=O) groups excluding carboxylic acids is 1. The van der Waals surface area contributed by atoms with Crippen LogP contribution in [0.2, 0.25) is 0 Å². The van der Waals surface area contributed by atoms with Crippen LogP contribution in [0.5, 0.6) is 11.5 Å². The molecular weight excluding hydrogens is 587 g/mol. The van der Waals surface area contributed by atoms with E-state index in [4.69, 9.17) is 20.3 Å². The van der Waals surface area contributed by atoms with Gasteiger partial charge >= 0.3 is 0 Å². The highest BCUT2D eigenvalue weighted by Gasteiger charge is 2.38. The Morgan fingerprint density at radius 2 is 1.91 bits per heavy atom. The van der Waals surface area contributed by atoms with Crippen LogP contribution in [0, 0.1) is 17.1 Å². The third-order valence-electron chi connectivity index (χ3n) is 8.87. The molecule has 2 aliphatic rings. The largest absolute Gasteiger partial charge is 0.457 e. The van der Waals surface area contributed by atoms with Crippen molar-refractivity contribution >= 4 is 22.8 Å². The highest BCUT2D eigenvalue weighted by Crippen LogP contribution is 2.37. The molecule has 46 heavy (non-hydrogen) atoms. The van der Waals surface area contributed by atoms with E-state index in [9.17, 15) is 10.1 Å². The first-order valence-corrected chi connectivity index (χ1v) is 15.5. The number of carbonyl (C=O) groups is 1. The van der Waals surface area contributed by atoms with Crippen molar-refractivity contribution in [2.75, 3.05) is 38.6 Å². The molecule has 0 bridgehead atoms. The number of nitrogens with zero attached hydrogens (tertiary/aromatic N) is 7. The Morgan fingerprint density at radius 1 is 1.15 bits per heavy atom. The van der Waals surface area contributed by atoms with Crippen LogP contribution in [0.15, 0.2) is 66.5 Å². The number of hydrogen-bond donors (Lipinski definition) is 1. The standard InChI is InChI=1S/C34H37FN8O3/c1-22(28-10-7-13-42(28)33(44)23(20-36)19-34(2,3)41-14-16-45-17-15-41)43-32-29(31(37)38-21-39-32)30(40-43)26-12-11-25(18-27(26)35)46-24-8-5-4-6-9-24/h4-6,8-9,11-12,18-19,21-22,28H,7,10,13-17H2,1-3H3,(H2,37,38,39)/b23-19-. The Bertz CT molecular complexity index is 1810. The van der Waals surface area contributed by atoms with Crippen molar-refractivity contribution in [2.45, 2.75) is 51.2 Å². The SMILES string of the molecule is CC(C1CCCN1C(=O)/C(C#N)=C\C(C)(C)N1CCOCC1)n1nc(-c2ccc(Oc3ccccc3)cc2F)c2c(N)ncnc21. The van der Waals surface area contributed by atoms with E-state index in [1.165, 1.54) is 12.4 Å². The fraction of sp³-hybridized carbons (Fsp3) is 0.382. The van der Waals surface area contributed by atoms with E-state index in [0.717, 1.165) is 19.5 Å². The lowest BCUT2D eigenvalue weighted by Gasteiger charge is -2.39. The van der Waals surface area contributed by atoms with Crippen LogP contribution in [0.1, 0.15) is 39.7 Å². The van der Waals surface area contributed by atoms with Crippen molar-refractivity contribution in [2.24, 2.45) is 0 Å². The maximum Gasteiger partial charge on any atom is 0.264 e. The van der Waals surface area contributed by atoms with Crippen molar-refractivity contribution < 1.29 is 18.7 Å². The Labute approximate surface area is 267 Å². The summed E-state index contributed by atoms with van der Waals surface area (Å²) >= 11 is 0. The van der Waals surface area contributed by atoms with Crippen molar-refractivity contribution in [1.29, 1.82) is 5.26 Å². The summed E-state index contributed by atoms with van der Waals surface area (Å²) in [4.78, 5) is 26.5. The number of benzene rings is 2. The quantitative estimate of drug-likeness (QED) is 0.209. The van der Waals surface area contributed by atoms with Gasteiger partial charge in [0.1, 0.15) is 46.8 Å². The lowest BCUT2D eigenvalue weighted by atomic mass is 9.97. The molecule has 4 aromatic rings. The maximum absolute atomic E-state index is 15.7.